The average molecular weight is 388 g/mol. The van der Waals surface area contributed by atoms with Gasteiger partial charge in [-0.1, -0.05) is 19.9 Å². The van der Waals surface area contributed by atoms with Gasteiger partial charge in [0.05, 0.1) is 19.8 Å². The molecular formula is C20H33N7O. The molecule has 154 valence electrons. The summed E-state index contributed by atoms with van der Waals surface area (Å²) in [4.78, 5) is 7.36. The van der Waals surface area contributed by atoms with Crippen LogP contribution in [0, 0.1) is 5.92 Å². The third-order valence-electron chi connectivity index (χ3n) is 5.09. The molecule has 0 spiro atoms. The molecule has 1 aliphatic rings. The van der Waals surface area contributed by atoms with Crippen molar-refractivity contribution in [1.82, 2.24) is 30.1 Å². The van der Waals surface area contributed by atoms with Crippen LogP contribution >= 0.6 is 0 Å². The van der Waals surface area contributed by atoms with Crippen LogP contribution in [0.3, 0.4) is 0 Å². The largest absolute Gasteiger partial charge is 0.379 e. The van der Waals surface area contributed by atoms with Crippen LogP contribution in [0.25, 0.3) is 5.65 Å². The highest BCUT2D eigenvalue weighted by atomic mass is 16.5. The van der Waals surface area contributed by atoms with Crippen molar-refractivity contribution in [2.24, 2.45) is 10.9 Å². The number of ether oxygens (including phenoxy) is 1. The van der Waals surface area contributed by atoms with Crippen molar-refractivity contribution in [2.45, 2.75) is 33.2 Å². The first-order valence-corrected chi connectivity index (χ1v) is 10.3. The highest BCUT2D eigenvalue weighted by Gasteiger charge is 2.23. The zero-order valence-electron chi connectivity index (χ0n) is 17.3. The third-order valence-corrected chi connectivity index (χ3v) is 5.09. The average Bonchev–Trinajstić information content (AvgIpc) is 3.12. The Labute approximate surface area is 167 Å². The van der Waals surface area contributed by atoms with Crippen LogP contribution in [0.4, 0.5) is 0 Å². The quantitative estimate of drug-likeness (QED) is 0.523. The summed E-state index contributed by atoms with van der Waals surface area (Å²) in [5, 5.41) is 15.3. The Hall–Kier alpha value is -2.19. The van der Waals surface area contributed by atoms with E-state index in [1.807, 2.05) is 28.8 Å². The zero-order valence-corrected chi connectivity index (χ0v) is 17.3. The molecule has 0 bridgehead atoms. The number of nitrogens with one attached hydrogen (secondary N) is 2. The Balaban J connectivity index is 1.57. The van der Waals surface area contributed by atoms with Crippen LogP contribution in [0.15, 0.2) is 29.4 Å². The van der Waals surface area contributed by atoms with Gasteiger partial charge in [0.2, 0.25) is 0 Å². The van der Waals surface area contributed by atoms with Crippen molar-refractivity contribution in [1.29, 1.82) is 0 Å². The van der Waals surface area contributed by atoms with Crippen LogP contribution in [0.2, 0.25) is 0 Å². The Kier molecular flexibility index (Phi) is 7.62. The lowest BCUT2D eigenvalue weighted by Crippen LogP contribution is -2.48. The van der Waals surface area contributed by atoms with E-state index in [0.29, 0.717) is 12.0 Å². The molecule has 1 unspecified atom stereocenters. The van der Waals surface area contributed by atoms with Gasteiger partial charge in [0, 0.05) is 44.8 Å². The van der Waals surface area contributed by atoms with E-state index in [1.165, 1.54) is 0 Å². The monoisotopic (exact) mass is 387 g/mol. The van der Waals surface area contributed by atoms with Crippen molar-refractivity contribution in [3.05, 3.63) is 30.2 Å². The van der Waals surface area contributed by atoms with Gasteiger partial charge in [0.1, 0.15) is 5.82 Å². The fraction of sp³-hybridized carbons (Fsp3) is 0.650. The smallest absolute Gasteiger partial charge is 0.191 e. The van der Waals surface area contributed by atoms with Crippen molar-refractivity contribution in [2.75, 3.05) is 45.9 Å². The second-order valence-electron chi connectivity index (χ2n) is 7.40. The van der Waals surface area contributed by atoms with E-state index in [9.17, 15) is 0 Å². The number of hydrogen-bond donors (Lipinski definition) is 2. The number of aliphatic imine (C=N–C) groups is 1. The molecule has 8 heteroatoms. The maximum atomic E-state index is 5.50. The highest BCUT2D eigenvalue weighted by molar-refractivity contribution is 5.79. The fourth-order valence-electron chi connectivity index (χ4n) is 3.54. The second-order valence-corrected chi connectivity index (χ2v) is 7.40. The molecule has 2 N–H and O–H groups in total. The molecule has 28 heavy (non-hydrogen) atoms. The van der Waals surface area contributed by atoms with Crippen LogP contribution in [-0.4, -0.2) is 77.4 Å². The van der Waals surface area contributed by atoms with E-state index >= 15 is 0 Å². The van der Waals surface area contributed by atoms with Crippen molar-refractivity contribution in [3.8, 4) is 0 Å². The first-order valence-electron chi connectivity index (χ1n) is 10.3. The number of guanidine groups is 1. The molecule has 0 saturated carbocycles. The van der Waals surface area contributed by atoms with Gasteiger partial charge >= 0.3 is 0 Å². The summed E-state index contributed by atoms with van der Waals surface area (Å²) in [5.41, 5.74) is 0.878. The molecule has 0 aromatic carbocycles. The van der Waals surface area contributed by atoms with Crippen molar-refractivity contribution in [3.63, 3.8) is 0 Å². The normalized spacial score (nSPS) is 17.2. The minimum atomic E-state index is 0.430. The minimum Gasteiger partial charge on any atom is -0.379 e. The molecule has 0 radical (unpaired) electrons. The molecule has 1 atom stereocenters. The molecule has 0 aliphatic carbocycles. The maximum Gasteiger partial charge on any atom is 0.191 e. The van der Waals surface area contributed by atoms with Crippen LogP contribution in [-0.2, 0) is 11.2 Å². The molecular weight excluding hydrogens is 354 g/mol. The van der Waals surface area contributed by atoms with Gasteiger partial charge in [-0.05, 0) is 25.0 Å². The first kappa shape index (κ1) is 20.5. The Morgan fingerprint density at radius 3 is 2.79 bits per heavy atom. The molecule has 2 aromatic heterocycles. The Morgan fingerprint density at radius 2 is 2.04 bits per heavy atom. The lowest BCUT2D eigenvalue weighted by Gasteiger charge is -2.36. The maximum absolute atomic E-state index is 5.50. The summed E-state index contributed by atoms with van der Waals surface area (Å²) < 4.78 is 7.52. The minimum absolute atomic E-state index is 0.430. The zero-order chi connectivity index (χ0) is 19.8. The number of morpholine rings is 1. The van der Waals surface area contributed by atoms with E-state index in [2.05, 4.69) is 46.5 Å². The van der Waals surface area contributed by atoms with Gasteiger partial charge in [0.15, 0.2) is 11.6 Å². The number of aromatic nitrogens is 3. The molecule has 0 amide bonds. The summed E-state index contributed by atoms with van der Waals surface area (Å²) in [6.07, 6.45) is 2.78. The predicted molar refractivity (Wildman–Crippen MR) is 112 cm³/mol. The Bertz CT molecular complexity index is 752. The van der Waals surface area contributed by atoms with Crippen LogP contribution < -0.4 is 10.6 Å². The van der Waals surface area contributed by atoms with E-state index in [-0.39, 0.29) is 0 Å². The summed E-state index contributed by atoms with van der Waals surface area (Å²) in [6.45, 7) is 12.6. The van der Waals surface area contributed by atoms with Crippen molar-refractivity contribution >= 4 is 11.6 Å². The first-order chi connectivity index (χ1) is 13.7. The molecule has 8 nitrogen and oxygen atoms in total. The van der Waals surface area contributed by atoms with E-state index < -0.39 is 0 Å². The molecule has 1 fully saturated rings. The van der Waals surface area contributed by atoms with Gasteiger partial charge in [0.25, 0.3) is 0 Å². The van der Waals surface area contributed by atoms with Gasteiger partial charge in [-0.2, -0.15) is 0 Å². The SMILES string of the molecule is CCNC(=NCC(C(C)C)N1CCOCC1)NCCc1nnc2ccccn12. The number of hydrogen-bond acceptors (Lipinski definition) is 5. The summed E-state index contributed by atoms with van der Waals surface area (Å²) in [5.74, 6) is 2.36. The lowest BCUT2D eigenvalue weighted by molar-refractivity contribution is 0.00867. The summed E-state index contributed by atoms with van der Waals surface area (Å²) in [7, 11) is 0. The Morgan fingerprint density at radius 1 is 1.21 bits per heavy atom. The fourth-order valence-corrected chi connectivity index (χ4v) is 3.54. The van der Waals surface area contributed by atoms with E-state index in [4.69, 9.17) is 9.73 Å². The molecule has 2 aromatic rings. The topological polar surface area (TPSA) is 79.1 Å². The second kappa shape index (κ2) is 10.4. The predicted octanol–water partition coefficient (Wildman–Crippen LogP) is 1.18. The van der Waals surface area contributed by atoms with Gasteiger partial charge in [-0.15, -0.1) is 10.2 Å². The van der Waals surface area contributed by atoms with E-state index in [1.54, 1.807) is 0 Å². The van der Waals surface area contributed by atoms with Gasteiger partial charge in [-0.25, -0.2) is 0 Å². The standard InChI is InChI=1S/C20H33N7O/c1-4-21-20(23-15-17(16(2)3)26-11-13-28-14-12-26)22-9-8-19-25-24-18-7-5-6-10-27(18)19/h5-7,10,16-17H,4,8-9,11-15H2,1-3H3,(H2,21,22,23). The molecule has 3 rings (SSSR count). The number of fused-ring (bicyclic) bond motifs is 1. The summed E-state index contributed by atoms with van der Waals surface area (Å²) in [6, 6.07) is 6.37. The van der Waals surface area contributed by atoms with Gasteiger partial charge < -0.3 is 15.4 Å². The van der Waals surface area contributed by atoms with Crippen LogP contribution in [0.1, 0.15) is 26.6 Å². The molecule has 1 saturated heterocycles. The van der Waals surface area contributed by atoms with Crippen molar-refractivity contribution < 1.29 is 4.74 Å². The van der Waals surface area contributed by atoms with Gasteiger partial charge in [-0.3, -0.25) is 14.3 Å². The molecule has 3 heterocycles. The molecule has 1 aliphatic heterocycles. The number of nitrogens with zero attached hydrogens (tertiary/aromatic N) is 5. The third kappa shape index (κ3) is 5.42. The summed E-state index contributed by atoms with van der Waals surface area (Å²) >= 11 is 0. The highest BCUT2D eigenvalue weighted by Crippen LogP contribution is 2.13. The number of pyridine rings is 1. The van der Waals surface area contributed by atoms with Crippen LogP contribution in [0.5, 0.6) is 0 Å². The van der Waals surface area contributed by atoms with E-state index in [0.717, 1.165) is 69.8 Å². The number of rotatable bonds is 8. The lowest BCUT2D eigenvalue weighted by atomic mass is 10.0.